The molecular weight excluding hydrogens is 256 g/mol. The number of rotatable bonds is 4. The topological polar surface area (TPSA) is 83.8 Å². The number of hydrogen-bond donors (Lipinski definition) is 2. The normalized spacial score (nSPS) is 11.1. The van der Waals surface area contributed by atoms with E-state index in [4.69, 9.17) is 4.52 Å². The van der Waals surface area contributed by atoms with Gasteiger partial charge in [-0.2, -0.15) is 0 Å². The number of fused-ring (bicyclic) bond motifs is 1. The van der Waals surface area contributed by atoms with E-state index in [1.807, 2.05) is 31.2 Å². The number of aryl methyl sites for hydroxylation is 1. The summed E-state index contributed by atoms with van der Waals surface area (Å²) in [5.41, 5.74) is 1.40. The molecule has 0 fully saturated rings. The quantitative estimate of drug-likeness (QED) is 0.750. The van der Waals surface area contributed by atoms with E-state index >= 15 is 0 Å². The van der Waals surface area contributed by atoms with Crippen LogP contribution in [0.1, 0.15) is 17.3 Å². The third-order valence-corrected chi connectivity index (χ3v) is 2.94. The van der Waals surface area contributed by atoms with Crippen molar-refractivity contribution in [1.82, 2.24) is 20.4 Å². The Labute approximate surface area is 114 Å². The molecule has 0 saturated carbocycles. The van der Waals surface area contributed by atoms with Crippen LogP contribution < -0.4 is 10.9 Å². The highest BCUT2D eigenvalue weighted by atomic mass is 16.5. The van der Waals surface area contributed by atoms with E-state index in [-0.39, 0.29) is 5.56 Å². The Kier molecular flexibility index (Phi) is 3.30. The molecule has 2 aromatic heterocycles. The molecule has 20 heavy (non-hydrogen) atoms. The predicted octanol–water partition coefficient (Wildman–Crippen LogP) is 1.51. The second kappa shape index (κ2) is 5.26. The minimum absolute atomic E-state index is 0.121. The van der Waals surface area contributed by atoms with E-state index in [2.05, 4.69) is 20.4 Å². The molecule has 0 spiro atoms. The fraction of sp³-hybridized carbons (Fsp3) is 0.214. The number of para-hydroxylation sites is 1. The Morgan fingerprint density at radius 2 is 2.15 bits per heavy atom. The van der Waals surface area contributed by atoms with Crippen molar-refractivity contribution in [2.75, 3.05) is 0 Å². The van der Waals surface area contributed by atoms with Crippen LogP contribution in [-0.4, -0.2) is 15.1 Å². The van der Waals surface area contributed by atoms with Crippen molar-refractivity contribution in [1.29, 1.82) is 0 Å². The van der Waals surface area contributed by atoms with Gasteiger partial charge in [-0.3, -0.25) is 4.79 Å². The molecule has 1 aromatic carbocycles. The highest BCUT2D eigenvalue weighted by molar-refractivity contribution is 5.77. The van der Waals surface area contributed by atoms with Gasteiger partial charge in [0.05, 0.1) is 23.1 Å². The first-order valence-corrected chi connectivity index (χ1v) is 6.33. The molecular formula is C14H14N4O2. The zero-order chi connectivity index (χ0) is 13.9. The van der Waals surface area contributed by atoms with Gasteiger partial charge in [0.1, 0.15) is 11.6 Å². The van der Waals surface area contributed by atoms with Gasteiger partial charge >= 0.3 is 0 Å². The number of aromatic amines is 1. The Morgan fingerprint density at radius 1 is 1.30 bits per heavy atom. The second-order valence-electron chi connectivity index (χ2n) is 4.56. The molecule has 3 aromatic rings. The molecule has 0 unspecified atom stereocenters. The fourth-order valence-corrected chi connectivity index (χ4v) is 2.03. The number of nitrogens with zero attached hydrogens (tertiary/aromatic N) is 2. The molecule has 2 N–H and O–H groups in total. The van der Waals surface area contributed by atoms with E-state index in [1.54, 1.807) is 6.07 Å². The number of nitrogens with one attached hydrogen (secondary N) is 2. The Bertz CT molecular complexity index is 791. The molecule has 0 amide bonds. The highest BCUT2D eigenvalue weighted by Crippen LogP contribution is 2.06. The van der Waals surface area contributed by atoms with Crippen LogP contribution in [0.4, 0.5) is 0 Å². The minimum Gasteiger partial charge on any atom is -0.361 e. The summed E-state index contributed by atoms with van der Waals surface area (Å²) in [6.07, 6.45) is 0. The molecule has 102 valence electrons. The Morgan fingerprint density at radius 3 is 2.95 bits per heavy atom. The zero-order valence-corrected chi connectivity index (χ0v) is 11.0. The van der Waals surface area contributed by atoms with Crippen molar-refractivity contribution in [3.05, 3.63) is 58.0 Å². The summed E-state index contributed by atoms with van der Waals surface area (Å²) in [7, 11) is 0. The number of aromatic nitrogens is 3. The Hall–Kier alpha value is -2.47. The standard InChI is InChI=1S/C14H14N4O2/c1-9-6-10(18-20-9)7-15-8-13-16-12-5-3-2-4-11(12)14(19)17-13/h2-6,15H,7-8H2,1H3,(H,16,17,19). The second-order valence-corrected chi connectivity index (χ2v) is 4.56. The van der Waals surface area contributed by atoms with E-state index < -0.39 is 0 Å². The van der Waals surface area contributed by atoms with Crippen molar-refractivity contribution in [3.63, 3.8) is 0 Å². The average molecular weight is 270 g/mol. The van der Waals surface area contributed by atoms with Crippen LogP contribution in [0, 0.1) is 6.92 Å². The zero-order valence-electron chi connectivity index (χ0n) is 11.0. The molecule has 0 aliphatic rings. The van der Waals surface area contributed by atoms with Crippen LogP contribution in [0.3, 0.4) is 0 Å². The summed E-state index contributed by atoms with van der Waals surface area (Å²) >= 11 is 0. The summed E-state index contributed by atoms with van der Waals surface area (Å²) in [6, 6.07) is 9.14. The van der Waals surface area contributed by atoms with Crippen LogP contribution in [0.2, 0.25) is 0 Å². The lowest BCUT2D eigenvalue weighted by atomic mass is 10.2. The van der Waals surface area contributed by atoms with Crippen molar-refractivity contribution in [3.8, 4) is 0 Å². The maximum Gasteiger partial charge on any atom is 0.258 e. The van der Waals surface area contributed by atoms with Gasteiger partial charge in [0.25, 0.3) is 5.56 Å². The molecule has 0 aliphatic heterocycles. The molecule has 6 nitrogen and oxygen atoms in total. The van der Waals surface area contributed by atoms with Gasteiger partial charge in [0, 0.05) is 12.6 Å². The van der Waals surface area contributed by atoms with Gasteiger partial charge in [-0.1, -0.05) is 17.3 Å². The monoisotopic (exact) mass is 270 g/mol. The van der Waals surface area contributed by atoms with Gasteiger partial charge in [-0.15, -0.1) is 0 Å². The molecule has 0 saturated heterocycles. The summed E-state index contributed by atoms with van der Waals surface area (Å²) in [5.74, 6) is 1.38. The smallest absolute Gasteiger partial charge is 0.258 e. The lowest BCUT2D eigenvalue weighted by Crippen LogP contribution is -2.19. The van der Waals surface area contributed by atoms with Gasteiger partial charge in [-0.25, -0.2) is 4.98 Å². The predicted molar refractivity (Wildman–Crippen MR) is 74.1 cm³/mol. The summed E-state index contributed by atoms with van der Waals surface area (Å²) < 4.78 is 4.98. The van der Waals surface area contributed by atoms with Crippen molar-refractivity contribution in [2.45, 2.75) is 20.0 Å². The van der Waals surface area contributed by atoms with Gasteiger partial charge in [0.2, 0.25) is 0 Å². The first-order chi connectivity index (χ1) is 9.72. The highest BCUT2D eigenvalue weighted by Gasteiger charge is 2.04. The van der Waals surface area contributed by atoms with Crippen LogP contribution in [-0.2, 0) is 13.1 Å². The van der Waals surface area contributed by atoms with Crippen molar-refractivity contribution >= 4 is 10.9 Å². The van der Waals surface area contributed by atoms with Crippen LogP contribution in [0.25, 0.3) is 10.9 Å². The van der Waals surface area contributed by atoms with Crippen LogP contribution in [0.15, 0.2) is 39.6 Å². The lowest BCUT2D eigenvalue weighted by Gasteiger charge is -2.03. The molecule has 0 radical (unpaired) electrons. The van der Waals surface area contributed by atoms with Gasteiger partial charge < -0.3 is 14.8 Å². The van der Waals surface area contributed by atoms with E-state index in [9.17, 15) is 4.79 Å². The largest absolute Gasteiger partial charge is 0.361 e. The van der Waals surface area contributed by atoms with Gasteiger partial charge in [0.15, 0.2) is 0 Å². The maximum atomic E-state index is 11.9. The number of H-pyrrole nitrogens is 1. The third kappa shape index (κ3) is 2.60. The minimum atomic E-state index is -0.121. The maximum absolute atomic E-state index is 11.9. The summed E-state index contributed by atoms with van der Waals surface area (Å²) in [4.78, 5) is 19.1. The van der Waals surface area contributed by atoms with Crippen molar-refractivity contribution in [2.24, 2.45) is 0 Å². The van der Waals surface area contributed by atoms with E-state index in [0.29, 0.717) is 29.8 Å². The van der Waals surface area contributed by atoms with Crippen LogP contribution in [0.5, 0.6) is 0 Å². The first-order valence-electron chi connectivity index (χ1n) is 6.33. The molecule has 2 heterocycles. The SMILES string of the molecule is Cc1cc(CNCc2nc3ccccc3c(=O)[nH]2)no1. The Balaban J connectivity index is 1.73. The van der Waals surface area contributed by atoms with Gasteiger partial charge in [-0.05, 0) is 19.1 Å². The average Bonchev–Trinajstić information content (AvgIpc) is 2.85. The first kappa shape index (κ1) is 12.6. The van der Waals surface area contributed by atoms with E-state index in [0.717, 1.165) is 11.5 Å². The summed E-state index contributed by atoms with van der Waals surface area (Å²) in [5, 5.41) is 7.65. The molecule has 0 aliphatic carbocycles. The third-order valence-electron chi connectivity index (χ3n) is 2.94. The van der Waals surface area contributed by atoms with E-state index in [1.165, 1.54) is 0 Å². The molecule has 6 heteroatoms. The van der Waals surface area contributed by atoms with Crippen LogP contribution >= 0.6 is 0 Å². The molecule has 3 rings (SSSR count). The molecule has 0 bridgehead atoms. The fourth-order valence-electron chi connectivity index (χ4n) is 2.03. The number of hydrogen-bond acceptors (Lipinski definition) is 5. The number of benzene rings is 1. The summed E-state index contributed by atoms with van der Waals surface area (Å²) in [6.45, 7) is 2.87. The molecule has 0 atom stereocenters. The van der Waals surface area contributed by atoms with Crippen molar-refractivity contribution < 1.29 is 4.52 Å². The lowest BCUT2D eigenvalue weighted by molar-refractivity contribution is 0.388.